The van der Waals surface area contributed by atoms with Crippen molar-refractivity contribution in [1.29, 1.82) is 0 Å². The van der Waals surface area contributed by atoms with E-state index in [1.807, 2.05) is 0 Å². The monoisotopic (exact) mass is 392 g/mol. The lowest BCUT2D eigenvalue weighted by Crippen LogP contribution is -2.40. The Hall–Kier alpha value is -3.50. The van der Waals surface area contributed by atoms with Crippen molar-refractivity contribution in [2.45, 2.75) is 25.7 Å². The van der Waals surface area contributed by atoms with Crippen LogP contribution < -0.4 is 27.2 Å². The SMILES string of the molecule is O=C(NCCCCCCNC(=O)n1cc(F)c(=O)[nH]c1=O)Nc1cccnc1. The zero-order valence-corrected chi connectivity index (χ0v) is 15.0. The van der Waals surface area contributed by atoms with Gasteiger partial charge in [-0.3, -0.25) is 14.8 Å². The minimum Gasteiger partial charge on any atom is -0.338 e. The van der Waals surface area contributed by atoms with Gasteiger partial charge in [0.15, 0.2) is 0 Å². The Labute approximate surface area is 159 Å². The molecule has 11 heteroatoms. The molecule has 0 fully saturated rings. The number of hydrogen-bond donors (Lipinski definition) is 4. The number of anilines is 1. The summed E-state index contributed by atoms with van der Waals surface area (Å²) in [6.07, 6.45) is 6.75. The van der Waals surface area contributed by atoms with Gasteiger partial charge in [0.25, 0.3) is 5.56 Å². The highest BCUT2D eigenvalue weighted by molar-refractivity contribution is 5.88. The van der Waals surface area contributed by atoms with Crippen molar-refractivity contribution in [2.24, 2.45) is 0 Å². The Bertz CT molecular complexity index is 912. The van der Waals surface area contributed by atoms with Crippen molar-refractivity contribution >= 4 is 17.7 Å². The molecular weight excluding hydrogens is 371 g/mol. The fraction of sp³-hybridized carbons (Fsp3) is 0.353. The van der Waals surface area contributed by atoms with E-state index < -0.39 is 23.1 Å². The number of pyridine rings is 1. The highest BCUT2D eigenvalue weighted by Gasteiger charge is 2.10. The minimum absolute atomic E-state index is 0.293. The number of amides is 3. The van der Waals surface area contributed by atoms with E-state index in [4.69, 9.17) is 0 Å². The molecular formula is C17H21FN6O4. The molecule has 0 radical (unpaired) electrons. The van der Waals surface area contributed by atoms with Gasteiger partial charge in [0.2, 0.25) is 5.82 Å². The number of urea groups is 1. The lowest BCUT2D eigenvalue weighted by atomic mass is 10.2. The van der Waals surface area contributed by atoms with Gasteiger partial charge < -0.3 is 16.0 Å². The molecule has 28 heavy (non-hydrogen) atoms. The zero-order chi connectivity index (χ0) is 20.4. The van der Waals surface area contributed by atoms with Gasteiger partial charge in [-0.25, -0.2) is 19.0 Å². The van der Waals surface area contributed by atoms with Crippen molar-refractivity contribution in [2.75, 3.05) is 18.4 Å². The molecule has 2 aromatic heterocycles. The Kier molecular flexibility index (Phi) is 7.88. The number of H-pyrrole nitrogens is 1. The van der Waals surface area contributed by atoms with Crippen molar-refractivity contribution in [1.82, 2.24) is 25.2 Å². The lowest BCUT2D eigenvalue weighted by molar-refractivity contribution is 0.240. The number of rotatable bonds is 8. The minimum atomic E-state index is -1.21. The molecule has 0 spiro atoms. The summed E-state index contributed by atoms with van der Waals surface area (Å²) in [5, 5.41) is 7.86. The summed E-state index contributed by atoms with van der Waals surface area (Å²) in [5.74, 6) is -1.21. The van der Waals surface area contributed by atoms with Gasteiger partial charge >= 0.3 is 17.8 Å². The number of nitrogens with one attached hydrogen (secondary N) is 4. The Morgan fingerprint density at radius 2 is 1.82 bits per heavy atom. The fourth-order valence-corrected chi connectivity index (χ4v) is 2.30. The van der Waals surface area contributed by atoms with Gasteiger partial charge in [-0.2, -0.15) is 4.39 Å². The third kappa shape index (κ3) is 6.67. The second-order valence-corrected chi connectivity index (χ2v) is 5.88. The molecule has 0 saturated carbocycles. The van der Waals surface area contributed by atoms with E-state index in [0.29, 0.717) is 36.0 Å². The molecule has 0 aliphatic rings. The van der Waals surface area contributed by atoms with Crippen LogP contribution in [0.2, 0.25) is 0 Å². The zero-order valence-electron chi connectivity index (χ0n) is 15.0. The van der Waals surface area contributed by atoms with Crippen LogP contribution in [0.5, 0.6) is 0 Å². The van der Waals surface area contributed by atoms with Crippen molar-refractivity contribution in [3.63, 3.8) is 0 Å². The molecule has 2 rings (SSSR count). The van der Waals surface area contributed by atoms with Gasteiger partial charge in [0.05, 0.1) is 18.1 Å². The number of unbranched alkanes of at least 4 members (excludes halogenated alkanes) is 3. The van der Waals surface area contributed by atoms with Gasteiger partial charge in [0.1, 0.15) is 0 Å². The summed E-state index contributed by atoms with van der Waals surface area (Å²) in [6.45, 7) is 0.797. The summed E-state index contributed by atoms with van der Waals surface area (Å²) in [4.78, 5) is 51.4. The first-order valence-electron chi connectivity index (χ1n) is 8.72. The summed E-state index contributed by atoms with van der Waals surface area (Å²) in [6, 6.07) is 2.34. The second kappa shape index (κ2) is 10.6. The van der Waals surface area contributed by atoms with Crippen LogP contribution in [-0.4, -0.2) is 39.7 Å². The highest BCUT2D eigenvalue weighted by atomic mass is 19.1. The average molecular weight is 392 g/mol. The topological polar surface area (TPSA) is 138 Å². The van der Waals surface area contributed by atoms with Crippen LogP contribution in [0.3, 0.4) is 0 Å². The number of aromatic nitrogens is 3. The maximum absolute atomic E-state index is 13.1. The van der Waals surface area contributed by atoms with Gasteiger partial charge in [-0.15, -0.1) is 0 Å². The highest BCUT2D eigenvalue weighted by Crippen LogP contribution is 2.02. The number of nitrogens with zero attached hydrogens (tertiary/aromatic N) is 2. The molecule has 0 unspecified atom stereocenters. The van der Waals surface area contributed by atoms with Crippen LogP contribution in [0.1, 0.15) is 25.7 Å². The van der Waals surface area contributed by atoms with E-state index in [1.165, 1.54) is 0 Å². The maximum Gasteiger partial charge on any atom is 0.336 e. The Morgan fingerprint density at radius 3 is 2.50 bits per heavy atom. The van der Waals surface area contributed by atoms with Crippen molar-refractivity contribution < 1.29 is 14.0 Å². The molecule has 0 bridgehead atoms. The molecule has 4 N–H and O–H groups in total. The van der Waals surface area contributed by atoms with Crippen LogP contribution in [-0.2, 0) is 0 Å². The first-order valence-corrected chi connectivity index (χ1v) is 8.72. The predicted molar refractivity (Wildman–Crippen MR) is 99.8 cm³/mol. The number of hydrogen-bond acceptors (Lipinski definition) is 5. The van der Waals surface area contributed by atoms with Gasteiger partial charge in [-0.05, 0) is 25.0 Å². The van der Waals surface area contributed by atoms with E-state index in [0.717, 1.165) is 19.3 Å². The van der Waals surface area contributed by atoms with Crippen LogP contribution in [0.4, 0.5) is 19.7 Å². The quantitative estimate of drug-likeness (QED) is 0.497. The number of carbonyl (C=O) groups excluding carboxylic acids is 2. The number of aromatic amines is 1. The second-order valence-electron chi connectivity index (χ2n) is 5.88. The van der Waals surface area contributed by atoms with Crippen molar-refractivity contribution in [3.05, 3.63) is 57.4 Å². The van der Waals surface area contributed by atoms with Crippen LogP contribution in [0, 0.1) is 5.82 Å². The molecule has 0 aromatic carbocycles. The molecule has 10 nitrogen and oxygen atoms in total. The van der Waals surface area contributed by atoms with E-state index in [2.05, 4.69) is 20.9 Å². The maximum atomic E-state index is 13.1. The van der Waals surface area contributed by atoms with E-state index in [9.17, 15) is 23.6 Å². The molecule has 0 atom stereocenters. The Balaban J connectivity index is 1.55. The largest absolute Gasteiger partial charge is 0.338 e. The third-order valence-electron chi connectivity index (χ3n) is 3.70. The molecule has 0 aliphatic heterocycles. The third-order valence-corrected chi connectivity index (χ3v) is 3.70. The average Bonchev–Trinajstić information content (AvgIpc) is 2.67. The fourth-order valence-electron chi connectivity index (χ4n) is 2.30. The molecule has 150 valence electrons. The summed E-state index contributed by atoms with van der Waals surface area (Å²) < 4.78 is 13.6. The van der Waals surface area contributed by atoms with Crippen LogP contribution in [0.15, 0.2) is 40.3 Å². The molecule has 2 aromatic rings. The molecule has 0 aliphatic carbocycles. The van der Waals surface area contributed by atoms with Gasteiger partial charge in [0, 0.05) is 19.3 Å². The summed E-state index contributed by atoms with van der Waals surface area (Å²) in [5.41, 5.74) is -1.56. The molecule has 0 saturated heterocycles. The lowest BCUT2D eigenvalue weighted by Gasteiger charge is -2.08. The number of carbonyl (C=O) groups is 2. The smallest absolute Gasteiger partial charge is 0.336 e. The first-order chi connectivity index (χ1) is 13.5. The van der Waals surface area contributed by atoms with Crippen LogP contribution >= 0.6 is 0 Å². The van der Waals surface area contributed by atoms with Crippen LogP contribution in [0.25, 0.3) is 0 Å². The Morgan fingerprint density at radius 1 is 1.11 bits per heavy atom. The normalized spacial score (nSPS) is 10.3. The summed E-state index contributed by atoms with van der Waals surface area (Å²) in [7, 11) is 0. The van der Waals surface area contributed by atoms with Gasteiger partial charge in [-0.1, -0.05) is 12.8 Å². The van der Waals surface area contributed by atoms with Crippen molar-refractivity contribution in [3.8, 4) is 0 Å². The summed E-state index contributed by atoms with van der Waals surface area (Å²) >= 11 is 0. The van der Waals surface area contributed by atoms with E-state index in [-0.39, 0.29) is 6.03 Å². The number of halogens is 1. The van der Waals surface area contributed by atoms with E-state index >= 15 is 0 Å². The van der Waals surface area contributed by atoms with E-state index in [1.54, 1.807) is 29.5 Å². The molecule has 3 amide bonds. The predicted octanol–water partition coefficient (Wildman–Crippen LogP) is 1.01. The standard InChI is InChI=1S/C17H21FN6O4/c18-13-11-24(17(28)23-14(13)25)16(27)21-9-4-2-1-3-8-20-15(26)22-12-6-5-7-19-10-12/h5-7,10-11H,1-4,8-9H2,(H,21,27)(H2,20,22,26)(H,23,25,28). The molecule has 2 heterocycles. The first kappa shape index (κ1) is 20.8.